The van der Waals surface area contributed by atoms with Crippen molar-refractivity contribution in [1.82, 2.24) is 15.1 Å². The third kappa shape index (κ3) is 4.40. The Hall–Kier alpha value is -2.18. The summed E-state index contributed by atoms with van der Waals surface area (Å²) >= 11 is 8.72. The standard InChI is InChI=1S/C17H15BrN4S/c18-14-4-6-15(7-5-14)21-17(23)19-12-13-2-8-16(9-3-13)22-11-1-10-20-22/h1-11H,12H2,(H2,19,21,23). The zero-order chi connectivity index (χ0) is 16.1. The molecule has 0 saturated carbocycles. The molecular weight excluding hydrogens is 372 g/mol. The fourth-order valence-electron chi connectivity index (χ4n) is 2.08. The number of nitrogens with one attached hydrogen (secondary N) is 2. The molecule has 0 atom stereocenters. The van der Waals surface area contributed by atoms with Gasteiger partial charge in [-0.1, -0.05) is 28.1 Å². The van der Waals surface area contributed by atoms with Crippen LogP contribution in [0.4, 0.5) is 5.69 Å². The Balaban J connectivity index is 1.53. The van der Waals surface area contributed by atoms with Crippen LogP contribution >= 0.6 is 28.1 Å². The molecule has 0 saturated heterocycles. The van der Waals surface area contributed by atoms with E-state index in [2.05, 4.69) is 43.8 Å². The smallest absolute Gasteiger partial charge is 0.171 e. The number of aromatic nitrogens is 2. The van der Waals surface area contributed by atoms with E-state index in [1.807, 2.05) is 53.3 Å². The highest BCUT2D eigenvalue weighted by molar-refractivity contribution is 9.10. The molecule has 2 aromatic carbocycles. The van der Waals surface area contributed by atoms with E-state index in [1.54, 1.807) is 6.20 Å². The first-order valence-electron chi connectivity index (χ1n) is 7.10. The molecule has 1 heterocycles. The quantitative estimate of drug-likeness (QED) is 0.661. The normalized spacial score (nSPS) is 10.3. The molecule has 0 fully saturated rings. The minimum atomic E-state index is 0.600. The van der Waals surface area contributed by atoms with Gasteiger partial charge in [-0.25, -0.2) is 4.68 Å². The lowest BCUT2D eigenvalue weighted by Gasteiger charge is -2.11. The predicted molar refractivity (Wildman–Crippen MR) is 101 cm³/mol. The topological polar surface area (TPSA) is 41.9 Å². The Labute approximate surface area is 148 Å². The SMILES string of the molecule is S=C(NCc1ccc(-n2cccn2)cc1)Nc1ccc(Br)cc1. The number of hydrogen-bond donors (Lipinski definition) is 2. The van der Waals surface area contributed by atoms with E-state index in [9.17, 15) is 0 Å². The molecule has 0 unspecified atom stereocenters. The van der Waals surface area contributed by atoms with Gasteiger partial charge in [-0.15, -0.1) is 0 Å². The molecule has 3 aromatic rings. The van der Waals surface area contributed by atoms with Crippen LogP contribution in [0, 0.1) is 0 Å². The summed E-state index contributed by atoms with van der Waals surface area (Å²) < 4.78 is 2.87. The van der Waals surface area contributed by atoms with E-state index < -0.39 is 0 Å². The van der Waals surface area contributed by atoms with Crippen molar-refractivity contribution < 1.29 is 0 Å². The summed E-state index contributed by atoms with van der Waals surface area (Å²) in [7, 11) is 0. The van der Waals surface area contributed by atoms with E-state index >= 15 is 0 Å². The lowest BCUT2D eigenvalue weighted by molar-refractivity contribution is 0.874. The van der Waals surface area contributed by atoms with E-state index in [4.69, 9.17) is 12.2 Å². The average Bonchev–Trinajstić information content (AvgIpc) is 3.10. The van der Waals surface area contributed by atoms with Crippen molar-refractivity contribution in [2.45, 2.75) is 6.54 Å². The van der Waals surface area contributed by atoms with E-state index in [-0.39, 0.29) is 0 Å². The Morgan fingerprint density at radius 3 is 2.48 bits per heavy atom. The van der Waals surface area contributed by atoms with E-state index in [0.717, 1.165) is 21.4 Å². The molecule has 0 aliphatic rings. The molecule has 3 rings (SSSR count). The lowest BCUT2D eigenvalue weighted by Crippen LogP contribution is -2.27. The summed E-state index contributed by atoms with van der Waals surface area (Å²) in [6, 6.07) is 18.0. The van der Waals surface area contributed by atoms with Crippen LogP contribution in [0.25, 0.3) is 5.69 Å². The first-order valence-corrected chi connectivity index (χ1v) is 8.30. The van der Waals surface area contributed by atoms with E-state index in [0.29, 0.717) is 11.7 Å². The molecule has 4 nitrogen and oxygen atoms in total. The molecule has 0 spiro atoms. The summed E-state index contributed by atoms with van der Waals surface area (Å²) in [6.07, 6.45) is 3.69. The van der Waals surface area contributed by atoms with Gasteiger partial charge in [0.05, 0.1) is 5.69 Å². The van der Waals surface area contributed by atoms with Crippen LogP contribution < -0.4 is 10.6 Å². The Bertz CT molecular complexity index is 767. The van der Waals surface area contributed by atoms with Crippen molar-refractivity contribution in [2.24, 2.45) is 0 Å². The summed E-state index contributed by atoms with van der Waals surface area (Å²) in [6.45, 7) is 0.668. The molecule has 0 aliphatic carbocycles. The maximum Gasteiger partial charge on any atom is 0.171 e. The second kappa shape index (κ2) is 7.39. The van der Waals surface area contributed by atoms with Crippen LogP contribution in [0.1, 0.15) is 5.56 Å². The van der Waals surface area contributed by atoms with Gasteiger partial charge in [0.15, 0.2) is 5.11 Å². The lowest BCUT2D eigenvalue weighted by atomic mass is 10.2. The summed E-state index contributed by atoms with van der Waals surface area (Å²) in [5, 5.41) is 11.2. The molecule has 2 N–H and O–H groups in total. The molecule has 23 heavy (non-hydrogen) atoms. The van der Waals surface area contributed by atoms with Crippen LogP contribution in [0.3, 0.4) is 0 Å². The van der Waals surface area contributed by atoms with Crippen LogP contribution in [0.5, 0.6) is 0 Å². The predicted octanol–water partition coefficient (Wildman–Crippen LogP) is 4.12. The monoisotopic (exact) mass is 386 g/mol. The molecular formula is C17H15BrN4S. The highest BCUT2D eigenvalue weighted by Gasteiger charge is 2.00. The summed E-state index contributed by atoms with van der Waals surface area (Å²) in [5.74, 6) is 0. The zero-order valence-corrected chi connectivity index (χ0v) is 14.6. The number of anilines is 1. The largest absolute Gasteiger partial charge is 0.358 e. The van der Waals surface area contributed by atoms with Crippen LogP contribution in [0.15, 0.2) is 71.5 Å². The van der Waals surface area contributed by atoms with Gasteiger partial charge in [0.25, 0.3) is 0 Å². The number of hydrogen-bond acceptors (Lipinski definition) is 2. The summed E-state index contributed by atoms with van der Waals surface area (Å²) in [5.41, 5.74) is 3.15. The maximum atomic E-state index is 5.31. The third-order valence-corrected chi connectivity index (χ3v) is 4.04. The second-order valence-electron chi connectivity index (χ2n) is 4.93. The highest BCUT2D eigenvalue weighted by atomic mass is 79.9. The zero-order valence-electron chi connectivity index (χ0n) is 12.2. The average molecular weight is 387 g/mol. The fourth-order valence-corrected chi connectivity index (χ4v) is 2.53. The minimum absolute atomic E-state index is 0.600. The van der Waals surface area contributed by atoms with Crippen molar-refractivity contribution in [3.8, 4) is 5.69 Å². The molecule has 0 bridgehead atoms. The molecule has 0 aliphatic heterocycles. The Morgan fingerprint density at radius 1 is 1.09 bits per heavy atom. The minimum Gasteiger partial charge on any atom is -0.358 e. The van der Waals surface area contributed by atoms with Gasteiger partial charge >= 0.3 is 0 Å². The van der Waals surface area contributed by atoms with Gasteiger partial charge in [-0.2, -0.15) is 5.10 Å². The first kappa shape index (κ1) is 15.7. The molecule has 116 valence electrons. The fraction of sp³-hybridized carbons (Fsp3) is 0.0588. The van der Waals surface area contributed by atoms with Crippen LogP contribution in [-0.4, -0.2) is 14.9 Å². The highest BCUT2D eigenvalue weighted by Crippen LogP contribution is 2.14. The van der Waals surface area contributed by atoms with Crippen molar-refractivity contribution in [3.05, 3.63) is 77.0 Å². The Morgan fingerprint density at radius 2 is 1.83 bits per heavy atom. The summed E-state index contributed by atoms with van der Waals surface area (Å²) in [4.78, 5) is 0. The number of halogens is 1. The number of thiocarbonyl (C=S) groups is 1. The molecule has 0 amide bonds. The van der Waals surface area contributed by atoms with Crippen LogP contribution in [-0.2, 0) is 6.54 Å². The van der Waals surface area contributed by atoms with Gasteiger partial charge in [-0.3, -0.25) is 0 Å². The van der Waals surface area contributed by atoms with E-state index in [1.165, 1.54) is 0 Å². The third-order valence-electron chi connectivity index (χ3n) is 3.26. The number of nitrogens with zero attached hydrogens (tertiary/aromatic N) is 2. The van der Waals surface area contributed by atoms with Gasteiger partial charge in [0.1, 0.15) is 0 Å². The molecule has 0 radical (unpaired) electrons. The van der Waals surface area contributed by atoms with Crippen molar-refractivity contribution >= 4 is 38.9 Å². The second-order valence-corrected chi connectivity index (χ2v) is 6.26. The van der Waals surface area contributed by atoms with Gasteiger partial charge in [0.2, 0.25) is 0 Å². The van der Waals surface area contributed by atoms with Crippen molar-refractivity contribution in [1.29, 1.82) is 0 Å². The number of benzene rings is 2. The van der Waals surface area contributed by atoms with Crippen LogP contribution in [0.2, 0.25) is 0 Å². The van der Waals surface area contributed by atoms with Crippen molar-refractivity contribution in [3.63, 3.8) is 0 Å². The van der Waals surface area contributed by atoms with Crippen molar-refractivity contribution in [2.75, 3.05) is 5.32 Å². The molecule has 6 heteroatoms. The first-order chi connectivity index (χ1) is 11.2. The van der Waals surface area contributed by atoms with Gasteiger partial charge in [-0.05, 0) is 60.2 Å². The Kier molecular flexibility index (Phi) is 5.05. The van der Waals surface area contributed by atoms with Gasteiger partial charge in [0, 0.05) is 29.1 Å². The number of rotatable bonds is 4. The molecule has 1 aromatic heterocycles. The van der Waals surface area contributed by atoms with Gasteiger partial charge < -0.3 is 10.6 Å². The maximum absolute atomic E-state index is 5.31.